The maximum atomic E-state index is 12.6. The van der Waals surface area contributed by atoms with Gasteiger partial charge in [0.25, 0.3) is 0 Å². The van der Waals surface area contributed by atoms with Crippen molar-refractivity contribution in [2.45, 2.75) is 45.4 Å². The lowest BCUT2D eigenvalue weighted by Gasteiger charge is -2.27. The third-order valence-electron chi connectivity index (χ3n) is 4.33. The summed E-state index contributed by atoms with van der Waals surface area (Å²) in [5.41, 5.74) is 1.16. The monoisotopic (exact) mass is 305 g/mol. The highest BCUT2D eigenvalue weighted by Crippen LogP contribution is 2.27. The molecule has 0 radical (unpaired) electrons. The zero-order valence-corrected chi connectivity index (χ0v) is 13.9. The maximum absolute atomic E-state index is 12.6. The number of rotatable bonds is 7. The summed E-state index contributed by atoms with van der Waals surface area (Å²) in [5, 5.41) is 0. The largest absolute Gasteiger partial charge is 0.348 e. The predicted octanol–water partition coefficient (Wildman–Crippen LogP) is 3.21. The summed E-state index contributed by atoms with van der Waals surface area (Å²) in [7, 11) is 1.88. The van der Waals surface area contributed by atoms with Crippen molar-refractivity contribution in [3.8, 4) is 0 Å². The summed E-state index contributed by atoms with van der Waals surface area (Å²) >= 11 is 0. The molecule has 2 rings (SSSR count). The Labute approximate surface area is 133 Å². The minimum Gasteiger partial charge on any atom is -0.348 e. The van der Waals surface area contributed by atoms with Crippen LogP contribution in [0.3, 0.4) is 0 Å². The summed E-state index contributed by atoms with van der Waals surface area (Å²) in [6.07, 6.45) is 2.40. The highest BCUT2D eigenvalue weighted by atomic mass is 16.7. The summed E-state index contributed by atoms with van der Waals surface area (Å²) in [6, 6.07) is 10.1. The Morgan fingerprint density at radius 3 is 2.50 bits per heavy atom. The first kappa shape index (κ1) is 17.0. The van der Waals surface area contributed by atoms with E-state index in [4.69, 9.17) is 9.47 Å². The van der Waals surface area contributed by atoms with Gasteiger partial charge in [0.15, 0.2) is 5.79 Å². The second-order valence-corrected chi connectivity index (χ2v) is 6.15. The summed E-state index contributed by atoms with van der Waals surface area (Å²) in [5.74, 6) is -0.280. The summed E-state index contributed by atoms with van der Waals surface area (Å²) in [6.45, 7) is 5.98. The Kier molecular flexibility index (Phi) is 5.98. The second kappa shape index (κ2) is 7.75. The molecule has 4 heteroatoms. The molecule has 0 aromatic heterocycles. The van der Waals surface area contributed by atoms with Crippen molar-refractivity contribution < 1.29 is 14.3 Å². The molecule has 1 saturated heterocycles. The van der Waals surface area contributed by atoms with Gasteiger partial charge in [0.1, 0.15) is 0 Å². The Bertz CT molecular complexity index is 468. The fourth-order valence-corrected chi connectivity index (χ4v) is 2.89. The fraction of sp³-hybridized carbons (Fsp3) is 0.611. The molecule has 0 saturated carbocycles. The van der Waals surface area contributed by atoms with Gasteiger partial charge in [0.05, 0.1) is 13.2 Å². The Hall–Kier alpha value is -1.39. The molecule has 1 aliphatic rings. The van der Waals surface area contributed by atoms with Crippen molar-refractivity contribution >= 4 is 5.91 Å². The smallest absolute Gasteiger partial charge is 0.225 e. The van der Waals surface area contributed by atoms with Gasteiger partial charge in [-0.25, -0.2) is 0 Å². The lowest BCUT2D eigenvalue weighted by Crippen LogP contribution is -2.34. The number of carbonyl (C=O) groups is 1. The zero-order valence-electron chi connectivity index (χ0n) is 13.9. The van der Waals surface area contributed by atoms with E-state index < -0.39 is 5.79 Å². The van der Waals surface area contributed by atoms with Crippen LogP contribution in [0.2, 0.25) is 0 Å². The number of ether oxygens (including phenoxy) is 2. The van der Waals surface area contributed by atoms with Crippen LogP contribution in [0.4, 0.5) is 0 Å². The quantitative estimate of drug-likeness (QED) is 0.776. The molecular weight excluding hydrogens is 278 g/mol. The standard InChI is InChI=1S/C18H27NO3/c1-4-16(10-11-18(2)21-12-13-22-18)17(20)19(3)14-15-8-6-5-7-9-15/h5-9,16H,4,10-14H2,1-3H3. The molecule has 4 nitrogen and oxygen atoms in total. The van der Waals surface area contributed by atoms with E-state index in [1.54, 1.807) is 0 Å². The molecule has 1 amide bonds. The van der Waals surface area contributed by atoms with Gasteiger partial charge in [-0.3, -0.25) is 4.79 Å². The van der Waals surface area contributed by atoms with E-state index in [0.717, 1.165) is 24.8 Å². The summed E-state index contributed by atoms with van der Waals surface area (Å²) < 4.78 is 11.2. The molecule has 0 N–H and O–H groups in total. The van der Waals surface area contributed by atoms with Crippen LogP contribution in [0.25, 0.3) is 0 Å². The topological polar surface area (TPSA) is 38.8 Å². The van der Waals surface area contributed by atoms with Crippen molar-refractivity contribution in [3.05, 3.63) is 35.9 Å². The van der Waals surface area contributed by atoms with E-state index in [0.29, 0.717) is 19.8 Å². The average Bonchev–Trinajstić information content (AvgIpc) is 2.95. The first-order chi connectivity index (χ1) is 10.5. The molecule has 122 valence electrons. The van der Waals surface area contributed by atoms with Crippen LogP contribution in [0.15, 0.2) is 30.3 Å². The summed E-state index contributed by atoms with van der Waals surface area (Å²) in [4.78, 5) is 14.5. The molecule has 0 spiro atoms. The van der Waals surface area contributed by atoms with Crippen molar-refractivity contribution in [2.24, 2.45) is 5.92 Å². The van der Waals surface area contributed by atoms with Crippen LogP contribution in [0.1, 0.15) is 38.7 Å². The Morgan fingerprint density at radius 2 is 1.91 bits per heavy atom. The second-order valence-electron chi connectivity index (χ2n) is 6.15. The lowest BCUT2D eigenvalue weighted by molar-refractivity contribution is -0.152. The van der Waals surface area contributed by atoms with Gasteiger partial charge in [0, 0.05) is 25.9 Å². The van der Waals surface area contributed by atoms with E-state index in [2.05, 4.69) is 6.92 Å². The van der Waals surface area contributed by atoms with Crippen molar-refractivity contribution in [3.63, 3.8) is 0 Å². The number of carbonyl (C=O) groups excluding carboxylic acids is 1. The van der Waals surface area contributed by atoms with Gasteiger partial charge >= 0.3 is 0 Å². The van der Waals surface area contributed by atoms with Crippen molar-refractivity contribution in [1.29, 1.82) is 0 Å². The normalized spacial score (nSPS) is 18.1. The third kappa shape index (κ3) is 4.55. The molecule has 1 unspecified atom stereocenters. The first-order valence-corrected chi connectivity index (χ1v) is 8.11. The SMILES string of the molecule is CCC(CCC1(C)OCCO1)C(=O)N(C)Cc1ccccc1. The number of benzene rings is 1. The Morgan fingerprint density at radius 1 is 1.27 bits per heavy atom. The van der Waals surface area contributed by atoms with Crippen LogP contribution >= 0.6 is 0 Å². The van der Waals surface area contributed by atoms with E-state index in [1.165, 1.54) is 0 Å². The minimum atomic E-state index is -0.508. The fourth-order valence-electron chi connectivity index (χ4n) is 2.89. The molecule has 1 heterocycles. The first-order valence-electron chi connectivity index (χ1n) is 8.11. The van der Waals surface area contributed by atoms with E-state index in [-0.39, 0.29) is 11.8 Å². The molecule has 0 aliphatic carbocycles. The molecule has 1 atom stereocenters. The molecule has 0 bridgehead atoms. The van der Waals surface area contributed by atoms with Crippen LogP contribution in [0.5, 0.6) is 0 Å². The van der Waals surface area contributed by atoms with E-state index in [1.807, 2.05) is 49.2 Å². The van der Waals surface area contributed by atoms with Gasteiger partial charge in [-0.05, 0) is 25.3 Å². The molecule has 1 aromatic carbocycles. The molecule has 1 fully saturated rings. The van der Waals surface area contributed by atoms with Crippen LogP contribution in [0, 0.1) is 5.92 Å². The molecule has 1 aliphatic heterocycles. The molecular formula is C18H27NO3. The lowest BCUT2D eigenvalue weighted by atomic mass is 9.95. The van der Waals surface area contributed by atoms with Gasteiger partial charge in [-0.1, -0.05) is 37.3 Å². The van der Waals surface area contributed by atoms with E-state index >= 15 is 0 Å². The number of hydrogen-bond acceptors (Lipinski definition) is 3. The third-order valence-corrected chi connectivity index (χ3v) is 4.33. The van der Waals surface area contributed by atoms with Crippen LogP contribution in [-0.2, 0) is 20.8 Å². The number of nitrogens with zero attached hydrogens (tertiary/aromatic N) is 1. The van der Waals surface area contributed by atoms with Crippen molar-refractivity contribution in [2.75, 3.05) is 20.3 Å². The highest BCUT2D eigenvalue weighted by molar-refractivity contribution is 5.78. The van der Waals surface area contributed by atoms with Gasteiger partial charge in [-0.15, -0.1) is 0 Å². The van der Waals surface area contributed by atoms with E-state index in [9.17, 15) is 4.79 Å². The zero-order chi connectivity index (χ0) is 16.0. The molecule has 22 heavy (non-hydrogen) atoms. The maximum Gasteiger partial charge on any atom is 0.225 e. The Balaban J connectivity index is 1.87. The van der Waals surface area contributed by atoms with Crippen LogP contribution < -0.4 is 0 Å². The average molecular weight is 305 g/mol. The minimum absolute atomic E-state index is 0.0262. The van der Waals surface area contributed by atoms with Crippen LogP contribution in [-0.4, -0.2) is 36.9 Å². The predicted molar refractivity (Wildman–Crippen MR) is 86.2 cm³/mol. The van der Waals surface area contributed by atoms with Gasteiger partial charge in [-0.2, -0.15) is 0 Å². The number of amides is 1. The molecule has 1 aromatic rings. The number of hydrogen-bond donors (Lipinski definition) is 0. The van der Waals surface area contributed by atoms with Gasteiger partial charge < -0.3 is 14.4 Å². The van der Waals surface area contributed by atoms with Crippen molar-refractivity contribution in [1.82, 2.24) is 4.90 Å². The van der Waals surface area contributed by atoms with Gasteiger partial charge in [0.2, 0.25) is 5.91 Å². The highest BCUT2D eigenvalue weighted by Gasteiger charge is 2.32.